The molecular formula is C20H25ClFIN4OS. The molecule has 0 aromatic heterocycles. The van der Waals surface area contributed by atoms with Crippen molar-refractivity contribution >= 4 is 59.2 Å². The van der Waals surface area contributed by atoms with Crippen molar-refractivity contribution in [1.29, 1.82) is 0 Å². The lowest BCUT2D eigenvalue weighted by Gasteiger charge is -2.14. The fraction of sp³-hybridized carbons (Fsp3) is 0.300. The predicted molar refractivity (Wildman–Crippen MR) is 131 cm³/mol. The highest BCUT2D eigenvalue weighted by atomic mass is 127. The van der Waals surface area contributed by atoms with Gasteiger partial charge < -0.3 is 16.0 Å². The Labute approximate surface area is 197 Å². The van der Waals surface area contributed by atoms with Crippen molar-refractivity contribution in [3.05, 3.63) is 70.0 Å². The lowest BCUT2D eigenvalue weighted by Crippen LogP contribution is -2.41. The summed E-state index contributed by atoms with van der Waals surface area (Å²) >= 11 is 7.67. The molecule has 0 aliphatic rings. The number of nitrogens with zero attached hydrogens (tertiary/aromatic N) is 1. The molecule has 0 saturated heterocycles. The van der Waals surface area contributed by atoms with Gasteiger partial charge in [-0.2, -0.15) is 11.8 Å². The van der Waals surface area contributed by atoms with Crippen molar-refractivity contribution in [3.8, 4) is 0 Å². The minimum Gasteiger partial charge on any atom is -0.355 e. The van der Waals surface area contributed by atoms with Crippen LogP contribution >= 0.6 is 47.3 Å². The van der Waals surface area contributed by atoms with Crippen LogP contribution in [-0.4, -0.2) is 38.3 Å². The molecule has 0 saturated carbocycles. The van der Waals surface area contributed by atoms with Crippen molar-refractivity contribution in [3.63, 3.8) is 0 Å². The van der Waals surface area contributed by atoms with Crippen molar-refractivity contribution < 1.29 is 9.18 Å². The van der Waals surface area contributed by atoms with Crippen molar-refractivity contribution in [1.82, 2.24) is 16.0 Å². The van der Waals surface area contributed by atoms with E-state index < -0.39 is 0 Å². The first-order valence-corrected chi connectivity index (χ1v) is 10.6. The Bertz CT molecular complexity index is 838. The maximum absolute atomic E-state index is 13.4. The third kappa shape index (κ3) is 8.39. The summed E-state index contributed by atoms with van der Waals surface area (Å²) in [4.78, 5) is 16.3. The highest BCUT2D eigenvalue weighted by Crippen LogP contribution is 2.16. The second-order valence-corrected chi connectivity index (χ2v) is 7.21. The summed E-state index contributed by atoms with van der Waals surface area (Å²) < 4.78 is 13.4. The van der Waals surface area contributed by atoms with E-state index in [9.17, 15) is 9.18 Å². The van der Waals surface area contributed by atoms with E-state index in [2.05, 4.69) is 20.9 Å². The molecule has 1 amide bonds. The molecule has 0 heterocycles. The Balaban J connectivity index is 0.00000420. The average molecular weight is 551 g/mol. The monoisotopic (exact) mass is 550 g/mol. The normalized spacial score (nSPS) is 10.8. The summed E-state index contributed by atoms with van der Waals surface area (Å²) in [5.74, 6) is 0.897. The number of hydrogen-bond acceptors (Lipinski definition) is 3. The third-order valence-corrected chi connectivity index (χ3v) is 4.89. The number of carbonyl (C=O) groups is 1. The molecule has 158 valence electrons. The van der Waals surface area contributed by atoms with Crippen LogP contribution in [0.4, 0.5) is 4.39 Å². The van der Waals surface area contributed by atoms with E-state index in [0.29, 0.717) is 36.2 Å². The maximum atomic E-state index is 13.4. The van der Waals surface area contributed by atoms with E-state index in [1.807, 2.05) is 6.26 Å². The Morgan fingerprint density at radius 3 is 2.52 bits per heavy atom. The molecule has 2 aromatic rings. The summed E-state index contributed by atoms with van der Waals surface area (Å²) in [6.07, 6.45) is 1.99. The molecule has 2 rings (SSSR count). The van der Waals surface area contributed by atoms with E-state index in [1.54, 1.807) is 55.2 Å². The number of rotatable bonds is 8. The van der Waals surface area contributed by atoms with Crippen molar-refractivity contribution in [2.24, 2.45) is 4.99 Å². The van der Waals surface area contributed by atoms with Gasteiger partial charge in [0.05, 0.1) is 10.6 Å². The van der Waals surface area contributed by atoms with Crippen LogP contribution in [0, 0.1) is 5.82 Å². The first-order valence-electron chi connectivity index (χ1n) is 8.78. The number of aliphatic imine (C=N–C) groups is 1. The van der Waals surface area contributed by atoms with E-state index >= 15 is 0 Å². The molecule has 0 spiro atoms. The fourth-order valence-electron chi connectivity index (χ4n) is 2.55. The van der Waals surface area contributed by atoms with Gasteiger partial charge in [0.2, 0.25) is 0 Å². The molecule has 5 nitrogen and oxygen atoms in total. The zero-order valence-corrected chi connectivity index (χ0v) is 20.2. The van der Waals surface area contributed by atoms with Gasteiger partial charge in [-0.05, 0) is 41.6 Å². The summed E-state index contributed by atoms with van der Waals surface area (Å²) in [6.45, 7) is 1.44. The van der Waals surface area contributed by atoms with Crippen LogP contribution in [0.15, 0.2) is 47.5 Å². The van der Waals surface area contributed by atoms with Gasteiger partial charge >= 0.3 is 0 Å². The SMILES string of the molecule is CN=C(NCCNC(=O)c1ccccc1Cl)NCc1ccc(F)cc1CSC.I. The molecule has 0 fully saturated rings. The Morgan fingerprint density at radius 1 is 1.10 bits per heavy atom. The minimum atomic E-state index is -0.232. The van der Waals surface area contributed by atoms with Gasteiger partial charge in [-0.3, -0.25) is 9.79 Å². The number of carbonyl (C=O) groups excluding carboxylic acids is 1. The Kier molecular flexibility index (Phi) is 12.0. The quantitative estimate of drug-likeness (QED) is 0.201. The van der Waals surface area contributed by atoms with Crippen LogP contribution in [0.5, 0.6) is 0 Å². The molecule has 3 N–H and O–H groups in total. The fourth-order valence-corrected chi connectivity index (χ4v) is 3.36. The average Bonchev–Trinajstić information content (AvgIpc) is 2.69. The van der Waals surface area contributed by atoms with Gasteiger partial charge in [0.1, 0.15) is 5.82 Å². The number of guanidine groups is 1. The summed E-state index contributed by atoms with van der Waals surface area (Å²) in [5.41, 5.74) is 2.43. The van der Waals surface area contributed by atoms with Gasteiger partial charge in [-0.1, -0.05) is 29.8 Å². The topological polar surface area (TPSA) is 65.5 Å². The van der Waals surface area contributed by atoms with Crippen LogP contribution in [0.2, 0.25) is 5.02 Å². The molecule has 0 unspecified atom stereocenters. The standard InChI is InChI=1S/C20H24ClFN4OS.HI/c1-23-20(26-12-14-7-8-16(22)11-15(14)13-28-2)25-10-9-24-19(27)17-5-3-4-6-18(17)21;/h3-8,11H,9-10,12-13H2,1-2H3,(H,24,27)(H2,23,25,26);1H. The summed E-state index contributed by atoms with van der Waals surface area (Å²) in [7, 11) is 1.67. The smallest absolute Gasteiger partial charge is 0.252 e. The molecule has 0 aliphatic heterocycles. The zero-order valence-electron chi connectivity index (χ0n) is 16.3. The van der Waals surface area contributed by atoms with Gasteiger partial charge in [0.15, 0.2) is 5.96 Å². The van der Waals surface area contributed by atoms with Gasteiger partial charge in [-0.25, -0.2) is 4.39 Å². The molecule has 0 radical (unpaired) electrons. The van der Waals surface area contributed by atoms with Gasteiger partial charge in [0.25, 0.3) is 5.91 Å². The molecular weight excluding hydrogens is 526 g/mol. The Morgan fingerprint density at radius 2 is 1.83 bits per heavy atom. The van der Waals surface area contributed by atoms with E-state index in [1.165, 1.54) is 6.07 Å². The van der Waals surface area contributed by atoms with E-state index in [0.717, 1.165) is 16.9 Å². The molecule has 2 aromatic carbocycles. The highest BCUT2D eigenvalue weighted by Gasteiger charge is 2.09. The van der Waals surface area contributed by atoms with E-state index in [4.69, 9.17) is 11.6 Å². The molecule has 0 aliphatic carbocycles. The molecule has 0 atom stereocenters. The van der Waals surface area contributed by atoms with Crippen LogP contribution in [-0.2, 0) is 12.3 Å². The van der Waals surface area contributed by atoms with Crippen LogP contribution < -0.4 is 16.0 Å². The largest absolute Gasteiger partial charge is 0.355 e. The Hall–Kier alpha value is -1.52. The molecule has 9 heteroatoms. The van der Waals surface area contributed by atoms with Crippen LogP contribution in [0.1, 0.15) is 21.5 Å². The zero-order chi connectivity index (χ0) is 20.4. The number of nitrogens with one attached hydrogen (secondary N) is 3. The predicted octanol–water partition coefficient (Wildman–Crippen LogP) is 4.06. The minimum absolute atomic E-state index is 0. The number of benzene rings is 2. The highest BCUT2D eigenvalue weighted by molar-refractivity contribution is 14.0. The van der Waals surface area contributed by atoms with Crippen molar-refractivity contribution in [2.75, 3.05) is 26.4 Å². The number of hydrogen-bond donors (Lipinski definition) is 3. The second-order valence-electron chi connectivity index (χ2n) is 5.93. The van der Waals surface area contributed by atoms with E-state index in [-0.39, 0.29) is 35.7 Å². The van der Waals surface area contributed by atoms with Gasteiger partial charge in [-0.15, -0.1) is 24.0 Å². The van der Waals surface area contributed by atoms with Crippen LogP contribution in [0.25, 0.3) is 0 Å². The number of thioether (sulfide) groups is 1. The lowest BCUT2D eigenvalue weighted by atomic mass is 10.1. The molecule has 0 bridgehead atoms. The first kappa shape index (κ1) is 25.5. The third-order valence-electron chi connectivity index (χ3n) is 3.96. The van der Waals surface area contributed by atoms with Gasteiger partial charge in [0, 0.05) is 32.4 Å². The lowest BCUT2D eigenvalue weighted by molar-refractivity contribution is 0.0954. The second kappa shape index (κ2) is 13.7. The number of amides is 1. The van der Waals surface area contributed by atoms with Crippen LogP contribution in [0.3, 0.4) is 0 Å². The van der Waals surface area contributed by atoms with Crippen molar-refractivity contribution in [2.45, 2.75) is 12.3 Å². The first-order chi connectivity index (χ1) is 13.5. The summed E-state index contributed by atoms with van der Waals surface area (Å²) in [6, 6.07) is 11.7. The summed E-state index contributed by atoms with van der Waals surface area (Å²) in [5, 5.41) is 9.58. The maximum Gasteiger partial charge on any atom is 0.252 e. The number of halogens is 3. The molecule has 29 heavy (non-hydrogen) atoms.